The van der Waals surface area contributed by atoms with Gasteiger partial charge in [-0.05, 0) is 177 Å². The van der Waals surface area contributed by atoms with E-state index in [1.165, 1.54) is 131 Å². The van der Waals surface area contributed by atoms with Gasteiger partial charge in [-0.2, -0.15) is 0 Å². The summed E-state index contributed by atoms with van der Waals surface area (Å²) in [6.45, 7) is 0. The van der Waals surface area contributed by atoms with Crippen LogP contribution < -0.4 is 4.90 Å². The molecule has 410 valence electrons. The number of rotatable bonds is 10. The van der Waals surface area contributed by atoms with Crippen molar-refractivity contribution in [2.24, 2.45) is 0 Å². The number of hydrogen-bond donors (Lipinski definition) is 0. The first-order valence-electron chi connectivity index (χ1n) is 30.4. The van der Waals surface area contributed by atoms with E-state index in [9.17, 15) is 0 Å². The van der Waals surface area contributed by atoms with Crippen LogP contribution in [-0.4, -0.2) is 4.57 Å². The Balaban J connectivity index is 0.856. The van der Waals surface area contributed by atoms with Crippen molar-refractivity contribution in [1.82, 2.24) is 4.57 Å². The van der Waals surface area contributed by atoms with Crippen LogP contribution in [0.1, 0.15) is 0 Å². The van der Waals surface area contributed by atoms with E-state index in [1.807, 2.05) is 0 Å². The normalized spacial score (nSPS) is 11.6. The van der Waals surface area contributed by atoms with Gasteiger partial charge in [0.15, 0.2) is 0 Å². The van der Waals surface area contributed by atoms with Crippen molar-refractivity contribution in [3.8, 4) is 72.4 Å². The fourth-order valence-corrected chi connectivity index (χ4v) is 14.2. The molecule has 0 unspecified atom stereocenters. The molecule has 0 fully saturated rings. The molecular formula is C86H56N2. The highest BCUT2D eigenvalue weighted by atomic mass is 15.1. The SMILES string of the molecule is c1ccc(-c2ccccc2-c2ccc3c(c2)c2cc(-c4ccccc4-c4ccccc4)ccc2n3-c2ccc(N(c3ccccc3)c3c4ccccc4c(-c4c5ccccc5c(-c5ccc6ccccc6c5)c5ccccc45)c4ccccc34)cc2)cc1. The molecule has 2 nitrogen and oxygen atoms in total. The number of benzene rings is 16. The van der Waals surface area contributed by atoms with Gasteiger partial charge in [-0.25, -0.2) is 0 Å². The summed E-state index contributed by atoms with van der Waals surface area (Å²) in [5, 5.41) is 14.6. The van der Waals surface area contributed by atoms with Crippen molar-refractivity contribution in [1.29, 1.82) is 0 Å². The summed E-state index contributed by atoms with van der Waals surface area (Å²) in [5.74, 6) is 0. The number of fused-ring (bicyclic) bond motifs is 8. The van der Waals surface area contributed by atoms with E-state index in [0.717, 1.165) is 33.8 Å². The lowest BCUT2D eigenvalue weighted by molar-refractivity contribution is 1.17. The van der Waals surface area contributed by atoms with E-state index in [1.54, 1.807) is 0 Å². The summed E-state index contributed by atoms with van der Waals surface area (Å²) in [4.78, 5) is 2.48. The fraction of sp³-hybridized carbons (Fsp3) is 0. The summed E-state index contributed by atoms with van der Waals surface area (Å²) >= 11 is 0. The Hall–Kier alpha value is -11.6. The second-order valence-electron chi connectivity index (χ2n) is 23.0. The van der Waals surface area contributed by atoms with Gasteiger partial charge in [-0.15, -0.1) is 0 Å². The van der Waals surface area contributed by atoms with Crippen molar-refractivity contribution < 1.29 is 0 Å². The number of hydrogen-bond acceptors (Lipinski definition) is 1. The van der Waals surface area contributed by atoms with E-state index >= 15 is 0 Å². The van der Waals surface area contributed by atoms with Crippen molar-refractivity contribution >= 4 is 92.7 Å². The third-order valence-electron chi connectivity index (χ3n) is 18.1. The lowest BCUT2D eigenvalue weighted by atomic mass is 9.82. The third kappa shape index (κ3) is 8.41. The van der Waals surface area contributed by atoms with Crippen LogP contribution in [0.3, 0.4) is 0 Å². The largest absolute Gasteiger partial charge is 0.309 e. The van der Waals surface area contributed by atoms with Crippen molar-refractivity contribution in [3.05, 3.63) is 340 Å². The molecule has 17 rings (SSSR count). The van der Waals surface area contributed by atoms with Gasteiger partial charge >= 0.3 is 0 Å². The molecule has 0 aliphatic heterocycles. The topological polar surface area (TPSA) is 8.17 Å². The highest BCUT2D eigenvalue weighted by Crippen LogP contribution is 2.53. The zero-order valence-corrected chi connectivity index (χ0v) is 48.2. The minimum absolute atomic E-state index is 1.06. The van der Waals surface area contributed by atoms with Gasteiger partial charge in [0.25, 0.3) is 0 Å². The molecule has 0 aliphatic rings. The average Bonchev–Trinajstić information content (AvgIpc) is 3.08. The second-order valence-corrected chi connectivity index (χ2v) is 23.0. The predicted molar refractivity (Wildman–Crippen MR) is 376 cm³/mol. The molecule has 16 aromatic carbocycles. The van der Waals surface area contributed by atoms with Crippen LogP contribution >= 0.6 is 0 Å². The summed E-state index contributed by atoms with van der Waals surface area (Å²) in [5.41, 5.74) is 21.2. The first kappa shape index (κ1) is 50.9. The van der Waals surface area contributed by atoms with Crippen LogP contribution in [0, 0.1) is 0 Å². The van der Waals surface area contributed by atoms with E-state index in [2.05, 4.69) is 349 Å². The van der Waals surface area contributed by atoms with Gasteiger partial charge in [0, 0.05) is 38.6 Å². The van der Waals surface area contributed by atoms with Crippen LogP contribution in [0.4, 0.5) is 17.1 Å². The van der Waals surface area contributed by atoms with Crippen molar-refractivity contribution in [2.75, 3.05) is 4.90 Å². The molecular weight excluding hydrogens is 1060 g/mol. The predicted octanol–water partition coefficient (Wildman–Crippen LogP) is 24.0. The molecule has 17 aromatic rings. The highest BCUT2D eigenvalue weighted by molar-refractivity contribution is 6.30. The number of nitrogens with zero attached hydrogens (tertiary/aromatic N) is 2. The molecule has 0 amide bonds. The first-order valence-corrected chi connectivity index (χ1v) is 30.4. The maximum absolute atomic E-state index is 2.48. The molecule has 88 heavy (non-hydrogen) atoms. The summed E-state index contributed by atoms with van der Waals surface area (Å²) in [6, 6.07) is 125. The van der Waals surface area contributed by atoms with Crippen LogP contribution in [0.15, 0.2) is 340 Å². The molecule has 0 saturated heterocycles. The Bertz CT molecular complexity index is 5290. The van der Waals surface area contributed by atoms with Crippen LogP contribution in [0.5, 0.6) is 0 Å². The number of para-hydroxylation sites is 1. The monoisotopic (exact) mass is 1120 g/mol. The third-order valence-corrected chi connectivity index (χ3v) is 18.1. The van der Waals surface area contributed by atoms with Gasteiger partial charge in [0.1, 0.15) is 0 Å². The molecule has 0 saturated carbocycles. The van der Waals surface area contributed by atoms with Gasteiger partial charge in [-0.3, -0.25) is 0 Å². The summed E-state index contributed by atoms with van der Waals surface area (Å²) < 4.78 is 2.46. The quantitative estimate of drug-likeness (QED) is 0.124. The Morgan fingerprint density at radius 2 is 0.557 bits per heavy atom. The molecule has 0 bridgehead atoms. The molecule has 0 atom stereocenters. The van der Waals surface area contributed by atoms with E-state index in [0.29, 0.717) is 0 Å². The maximum Gasteiger partial charge on any atom is 0.0618 e. The van der Waals surface area contributed by atoms with Gasteiger partial charge < -0.3 is 9.47 Å². The molecule has 0 N–H and O–H groups in total. The molecule has 2 heteroatoms. The number of aromatic nitrogens is 1. The molecule has 1 aromatic heterocycles. The van der Waals surface area contributed by atoms with E-state index < -0.39 is 0 Å². The number of anilines is 3. The zero-order valence-electron chi connectivity index (χ0n) is 48.2. The van der Waals surface area contributed by atoms with Gasteiger partial charge in [0.05, 0.1) is 16.7 Å². The first-order chi connectivity index (χ1) is 43.7. The Kier molecular flexibility index (Phi) is 12.3. The standard InChI is InChI=1S/C86H56N2/c1-4-25-58(26-5-1)67-32-12-14-34-69(67)61-46-52-81-79(55-61)80-56-62(70-35-15-13-33-68(70)59-27-6-2-7-28-59)47-53-82(80)88(81)66-50-48-65(49-51-66)87(64-30-8-3-9-31-64)86-77-42-22-20-40-75(77)85(76-41-21-23-43-78(76)86)84-73-38-18-16-36-71(73)83(72-37-17-19-39-74(72)84)63-45-44-57-24-10-11-29-60(57)54-63/h1-56H. The Labute approximate surface area is 511 Å². The minimum atomic E-state index is 1.06. The smallest absolute Gasteiger partial charge is 0.0618 e. The van der Waals surface area contributed by atoms with Gasteiger partial charge in [-0.1, -0.05) is 273 Å². The zero-order chi connectivity index (χ0) is 58.1. The lowest BCUT2D eigenvalue weighted by Gasteiger charge is -2.30. The van der Waals surface area contributed by atoms with Crippen LogP contribution in [0.2, 0.25) is 0 Å². The molecule has 1 heterocycles. The summed E-state index contributed by atoms with van der Waals surface area (Å²) in [7, 11) is 0. The van der Waals surface area contributed by atoms with Crippen molar-refractivity contribution in [3.63, 3.8) is 0 Å². The van der Waals surface area contributed by atoms with Crippen molar-refractivity contribution in [2.45, 2.75) is 0 Å². The molecule has 0 aliphatic carbocycles. The Morgan fingerprint density at radius 1 is 0.205 bits per heavy atom. The van der Waals surface area contributed by atoms with E-state index in [-0.39, 0.29) is 0 Å². The molecule has 0 radical (unpaired) electrons. The van der Waals surface area contributed by atoms with E-state index in [4.69, 9.17) is 0 Å². The average molecular weight is 1120 g/mol. The lowest BCUT2D eigenvalue weighted by Crippen LogP contribution is -2.11. The highest BCUT2D eigenvalue weighted by Gasteiger charge is 2.26. The van der Waals surface area contributed by atoms with Gasteiger partial charge in [0.2, 0.25) is 0 Å². The van der Waals surface area contributed by atoms with Crippen LogP contribution in [0.25, 0.3) is 148 Å². The second kappa shape index (κ2) is 21.2. The van der Waals surface area contributed by atoms with Crippen LogP contribution in [-0.2, 0) is 0 Å². The maximum atomic E-state index is 2.48. The Morgan fingerprint density at radius 3 is 1.03 bits per heavy atom. The fourth-order valence-electron chi connectivity index (χ4n) is 14.2. The molecule has 0 spiro atoms. The minimum Gasteiger partial charge on any atom is -0.309 e. The summed E-state index contributed by atoms with van der Waals surface area (Å²) in [6.07, 6.45) is 0.